The van der Waals surface area contributed by atoms with Crippen LogP contribution in [0.25, 0.3) is 127 Å². The lowest BCUT2D eigenvalue weighted by Gasteiger charge is -2.29. The minimum absolute atomic E-state index is 0.0226. The molecule has 3 aromatic heterocycles. The van der Waals surface area contributed by atoms with E-state index < -0.39 is 23.5 Å². The summed E-state index contributed by atoms with van der Waals surface area (Å²) in [6, 6.07) is 42.2. The summed E-state index contributed by atoms with van der Waals surface area (Å²) in [6.07, 6.45) is 0. The molecule has 0 atom stereocenters. The predicted octanol–water partition coefficient (Wildman–Crippen LogP) is 29.0. The maximum atomic E-state index is 8.82. The molecule has 3 heterocycles. The zero-order valence-electron chi connectivity index (χ0n) is 76.5. The highest BCUT2D eigenvalue weighted by Crippen LogP contribution is 2.52. The van der Waals surface area contributed by atoms with Crippen LogP contribution in [0.1, 0.15) is 163 Å². The molecule has 0 N–H and O–H groups in total. The van der Waals surface area contributed by atoms with E-state index in [-0.39, 0.29) is 135 Å². The van der Waals surface area contributed by atoms with E-state index in [2.05, 4.69) is 144 Å². The lowest BCUT2D eigenvalue weighted by molar-refractivity contribution is 0.568. The molecular weight excluding hydrogens is 1210 g/mol. The largest absolute Gasteiger partial charge is 0.135 e. The first-order valence-corrected chi connectivity index (χ1v) is 35.0. The van der Waals surface area contributed by atoms with E-state index in [0.717, 1.165) is 77.2 Å². The zero-order chi connectivity index (χ0) is 84.2. The average Bonchev–Trinajstić information content (AvgIpc) is 1.61. The fourth-order valence-corrected chi connectivity index (χ4v) is 16.8. The molecule has 0 spiro atoms. The molecule has 0 saturated carbocycles. The smallest absolute Gasteiger partial charge is 0.0632 e. The molecule has 0 amide bonds. The number of hydrogen-bond donors (Lipinski definition) is 0. The van der Waals surface area contributed by atoms with E-state index in [1.54, 1.807) is 35.7 Å². The van der Waals surface area contributed by atoms with Crippen LogP contribution in [0.5, 0.6) is 0 Å². The summed E-state index contributed by atoms with van der Waals surface area (Å²) >= 11 is 4.90. The van der Waals surface area contributed by atoms with Crippen LogP contribution in [0.2, 0.25) is 0 Å². The van der Waals surface area contributed by atoms with E-state index in [4.69, 9.17) is 26.0 Å². The lowest BCUT2D eigenvalue weighted by Crippen LogP contribution is -2.17. The van der Waals surface area contributed by atoms with E-state index in [1.807, 2.05) is 93.6 Å². The number of rotatable bonds is 6. The monoisotopic (exact) mass is 1320 g/mol. The molecule has 480 valence electrons. The molecule has 0 bridgehead atoms. The van der Waals surface area contributed by atoms with Gasteiger partial charge in [-0.3, -0.25) is 0 Å². The quantitative estimate of drug-likeness (QED) is 0.156. The molecule has 3 heteroatoms. The molecule has 12 aromatic carbocycles. The summed E-state index contributed by atoms with van der Waals surface area (Å²) in [5.41, 5.74) is 13.2. The van der Waals surface area contributed by atoms with E-state index >= 15 is 0 Å². The highest BCUT2D eigenvalue weighted by molar-refractivity contribution is 7.26. The van der Waals surface area contributed by atoms with E-state index in [1.165, 1.54) is 44.7 Å². The number of hydrogen-bond acceptors (Lipinski definition) is 3. The normalized spacial score (nSPS) is 15.1. The highest BCUT2D eigenvalue weighted by atomic mass is 32.1. The topological polar surface area (TPSA) is 0 Å². The van der Waals surface area contributed by atoms with Crippen molar-refractivity contribution in [2.45, 2.75) is 138 Å². The van der Waals surface area contributed by atoms with Crippen molar-refractivity contribution in [2.75, 3.05) is 0 Å². The Hall–Kier alpha value is -8.70. The lowest BCUT2D eigenvalue weighted by atomic mass is 9.75. The average molecular weight is 1320 g/mol. The third kappa shape index (κ3) is 13.0. The van der Waals surface area contributed by atoms with Crippen LogP contribution in [0.4, 0.5) is 0 Å². The first-order chi connectivity index (χ1) is 53.6. The van der Waals surface area contributed by atoms with Crippen LogP contribution in [-0.4, -0.2) is 0 Å². The van der Waals surface area contributed by atoms with Crippen molar-refractivity contribution < 1.29 is 26.0 Å². The molecule has 0 aliphatic carbocycles. The Morgan fingerprint density at radius 1 is 0.250 bits per heavy atom. The minimum Gasteiger partial charge on any atom is -0.135 e. The van der Waals surface area contributed by atoms with Crippen molar-refractivity contribution in [2.24, 2.45) is 0 Å². The van der Waals surface area contributed by atoms with Crippen molar-refractivity contribution in [3.8, 4) is 66.8 Å². The van der Waals surface area contributed by atoms with Crippen molar-refractivity contribution in [3.05, 3.63) is 288 Å². The Kier molecular flexibility index (Phi) is 12.4. The van der Waals surface area contributed by atoms with Crippen LogP contribution in [0.15, 0.2) is 254 Å². The van der Waals surface area contributed by atoms with Gasteiger partial charge < -0.3 is 0 Å². The van der Waals surface area contributed by atoms with Gasteiger partial charge in [0.1, 0.15) is 0 Å². The summed E-state index contributed by atoms with van der Waals surface area (Å²) in [7, 11) is 0. The molecule has 0 fully saturated rings. The van der Waals surface area contributed by atoms with Gasteiger partial charge in [-0.05, 0) is 165 Å². The Labute approximate surface area is 609 Å². The van der Waals surface area contributed by atoms with Crippen LogP contribution in [0, 0.1) is 6.92 Å². The molecule has 15 aromatic rings. The third-order valence-electron chi connectivity index (χ3n) is 17.6. The van der Waals surface area contributed by atoms with Crippen molar-refractivity contribution in [1.82, 2.24) is 0 Å². The summed E-state index contributed by atoms with van der Waals surface area (Å²) in [4.78, 5) is 0. The van der Waals surface area contributed by atoms with Gasteiger partial charge in [0.15, 0.2) is 0 Å². The molecule has 0 nitrogen and oxygen atoms in total. The number of thiophene rings is 3. The van der Waals surface area contributed by atoms with Gasteiger partial charge in [-0.1, -0.05) is 327 Å². The first-order valence-electron chi connectivity index (χ1n) is 42.1. The van der Waals surface area contributed by atoms with Gasteiger partial charge in [0.25, 0.3) is 0 Å². The van der Waals surface area contributed by atoms with Crippen LogP contribution < -0.4 is 0 Å². The summed E-state index contributed by atoms with van der Waals surface area (Å²) in [5, 5.41) is 5.67. The molecule has 0 unspecified atom stereocenters. The van der Waals surface area contributed by atoms with Crippen LogP contribution >= 0.6 is 34.0 Å². The number of benzene rings is 12. The minimum atomic E-state index is -0.496. The van der Waals surface area contributed by atoms with Gasteiger partial charge in [-0.2, -0.15) is 0 Å². The standard InChI is InChI=1S/C36H40S.C29H26S.C28H24S/c1-34(2,3)25-20-24(21-26(22-25)35(4,5)6)28-18-19-30-32(33(28)36(7,8)9)31-27(16-13-17-29(31)37-30)23-14-11-10-12-15-23;1-19-10-8-13-21(18-19)23-16-17-25-27(28(23)29(2,3)4)26-22(14-9-15-24(26)30-25)20-11-6-5-7-12-20;1-28(2,3)27-22(20-13-8-5-9-14-20)17-18-24-26(27)25-21(15-10-16-23(25)29-24)19-11-6-4-7-12-19/h10-22H,1-9H3;5-18H,1-4H3;4-18H,1-3H3/i10D,11D,12D,14D,15D;5D,6D,7D,8D,10D,11D,12D,13D,18D;4D,6D,7D,11D,12D. The molecule has 15 rings (SSSR count). The Bertz CT molecular complexity index is 6400. The molecular formula is C93H90S3. The van der Waals surface area contributed by atoms with Gasteiger partial charge in [-0.15, -0.1) is 34.0 Å². The zero-order valence-corrected chi connectivity index (χ0v) is 60.0. The second-order valence-electron chi connectivity index (χ2n) is 29.8. The third-order valence-corrected chi connectivity index (χ3v) is 21.0. The summed E-state index contributed by atoms with van der Waals surface area (Å²) in [6.45, 7) is 34.6. The van der Waals surface area contributed by atoms with Crippen molar-refractivity contribution in [1.29, 1.82) is 0 Å². The molecule has 0 saturated heterocycles. The maximum absolute atomic E-state index is 8.82. The highest BCUT2D eigenvalue weighted by Gasteiger charge is 2.30. The fraction of sp³-hybridized carbons (Fsp3) is 0.226. The van der Waals surface area contributed by atoms with Crippen LogP contribution in [-0.2, 0) is 27.1 Å². The van der Waals surface area contributed by atoms with Gasteiger partial charge in [0.2, 0.25) is 0 Å². The SMILES string of the molecule is [2H]c1c([2H])c([2H])c(-c2cccc3sc4ccc(-c5c([2H])c([2H])c([2H])c(C)c5[2H])c(C(C)(C)C)c4c23)c([2H])c1[2H].[2H]c1c([2H])c([2H])c(-c2cccc3sc4ccc(-c5cc(C(C)(C)C)cc(C(C)(C)C)c5)c(C(C)(C)C)c4c23)c([2H])c1[2H].[2H]c1c([2H])c([2H])c(-c2cccc3sc4ccc(-c5ccccc5)c(C(C)(C)C)c4c23)c([2H])c1[2H]. The molecule has 0 aliphatic rings. The molecule has 0 aliphatic heterocycles. The van der Waals surface area contributed by atoms with E-state index in [9.17, 15) is 0 Å². The van der Waals surface area contributed by atoms with Gasteiger partial charge >= 0.3 is 0 Å². The van der Waals surface area contributed by atoms with Gasteiger partial charge in [0.05, 0.1) is 26.0 Å². The molecule has 0 radical (unpaired) electrons. The second-order valence-corrected chi connectivity index (χ2v) is 33.1. The van der Waals surface area contributed by atoms with E-state index in [0.29, 0.717) is 33.4 Å². The van der Waals surface area contributed by atoms with Gasteiger partial charge in [0, 0.05) is 60.5 Å². The maximum Gasteiger partial charge on any atom is 0.0632 e. The van der Waals surface area contributed by atoms with Crippen LogP contribution in [0.3, 0.4) is 0 Å². The Morgan fingerprint density at radius 2 is 0.573 bits per heavy atom. The van der Waals surface area contributed by atoms with Gasteiger partial charge in [-0.25, -0.2) is 0 Å². The second kappa shape index (κ2) is 25.7. The van der Waals surface area contributed by atoms with Crippen molar-refractivity contribution in [3.63, 3.8) is 0 Å². The Balaban J connectivity index is 0.000000151. The van der Waals surface area contributed by atoms with Crippen molar-refractivity contribution >= 4 is 94.5 Å². The Morgan fingerprint density at radius 3 is 0.917 bits per heavy atom. The predicted molar refractivity (Wildman–Crippen MR) is 429 cm³/mol. The summed E-state index contributed by atoms with van der Waals surface area (Å²) < 4.78 is 166. The number of fused-ring (bicyclic) bond motifs is 9. The fourth-order valence-electron chi connectivity index (χ4n) is 13.4. The first kappa shape index (κ1) is 46.5. The summed E-state index contributed by atoms with van der Waals surface area (Å²) in [5.74, 6) is 0. The molecule has 96 heavy (non-hydrogen) atoms.